The first-order valence-corrected chi connectivity index (χ1v) is 45.7. The first-order valence-electron chi connectivity index (χ1n) is 45.7. The molecule has 10 aromatic heterocycles. The van der Waals surface area contributed by atoms with Crippen molar-refractivity contribution in [3.63, 3.8) is 0 Å². The largest absolute Gasteiger partial charge is 0.384 e. The normalized spacial score (nSPS) is 15.0. The van der Waals surface area contributed by atoms with E-state index in [9.17, 15) is 75.0 Å². The van der Waals surface area contributed by atoms with Crippen LogP contribution in [0.3, 0.4) is 0 Å². The lowest BCUT2D eigenvalue weighted by molar-refractivity contribution is -0.132. The molecule has 18 rings (SSSR count). The summed E-state index contributed by atoms with van der Waals surface area (Å²) < 4.78 is 11.0. The minimum atomic E-state index is -1.70. The first-order chi connectivity index (χ1) is 65.7. The maximum atomic E-state index is 11.1. The van der Waals surface area contributed by atoms with E-state index in [1.807, 2.05) is 95.8 Å². The van der Waals surface area contributed by atoms with Gasteiger partial charge in [-0.2, -0.15) is 5.10 Å². The highest BCUT2D eigenvalue weighted by Crippen LogP contribution is 2.37. The number of carbonyl (C=O) groups is 5. The number of carbonyl (C=O) groups excluding carboxylic acids is 5. The fourth-order valence-corrected chi connectivity index (χ4v) is 16.8. The molecule has 0 bridgehead atoms. The van der Waals surface area contributed by atoms with Gasteiger partial charge in [-0.25, -0.2) is 24.9 Å². The Kier molecular flexibility index (Phi) is 32.0. The summed E-state index contributed by atoms with van der Waals surface area (Å²) in [4.78, 5) is 77.5. The third kappa shape index (κ3) is 24.5. The Bertz CT molecular complexity index is 6580. The Hall–Kier alpha value is -14.4. The molecule has 20 N–H and O–H groups in total. The number of aliphatic hydroxyl groups is 10. The predicted octanol–water partition coefficient (Wildman–Crippen LogP) is 12.0. The van der Waals surface area contributed by atoms with Gasteiger partial charge < -0.3 is 98.0 Å². The highest BCUT2D eigenvalue weighted by molar-refractivity contribution is 5.90. The van der Waals surface area contributed by atoms with Crippen LogP contribution in [0.5, 0.6) is 0 Å². The second kappa shape index (κ2) is 44.4. The molecule has 31 nitrogen and oxygen atoms in total. The van der Waals surface area contributed by atoms with Crippen LogP contribution in [0.4, 0.5) is 0 Å². The van der Waals surface area contributed by atoms with Crippen LogP contribution in [-0.2, 0) is 56.7 Å². The van der Waals surface area contributed by atoms with Gasteiger partial charge in [0, 0.05) is 134 Å². The average Bonchev–Trinajstić information content (AvgIpc) is 1.73. The second-order valence-corrected chi connectivity index (χ2v) is 36.0. The molecule has 0 saturated heterocycles. The molecule has 2 aliphatic rings. The Labute approximate surface area is 790 Å². The maximum absolute atomic E-state index is 11.1. The van der Waals surface area contributed by atoms with E-state index in [4.69, 9.17) is 28.7 Å². The molecule has 0 spiro atoms. The molecular formula is C106H116N16O15. The molecule has 2 aliphatic carbocycles. The van der Waals surface area contributed by atoms with Gasteiger partial charge in [-0.1, -0.05) is 137 Å². The number of nitrogens with zero attached hydrogens (tertiary/aromatic N) is 11. The fraction of sp³-hybridized carbons (Fsp3) is 0.292. The minimum absolute atomic E-state index is 0.185. The molecule has 0 aliphatic heterocycles. The van der Waals surface area contributed by atoms with Crippen molar-refractivity contribution < 1.29 is 75.0 Å². The molecule has 0 unspecified atom stereocenters. The lowest BCUT2D eigenvalue weighted by Gasteiger charge is -2.22. The van der Waals surface area contributed by atoms with Crippen LogP contribution in [0.15, 0.2) is 262 Å². The Balaban J connectivity index is 0.000000137. The van der Waals surface area contributed by atoms with Crippen molar-refractivity contribution in [1.82, 2.24) is 53.0 Å². The summed E-state index contributed by atoms with van der Waals surface area (Å²) in [6, 6.07) is 72.7. The molecule has 710 valence electrons. The van der Waals surface area contributed by atoms with Gasteiger partial charge >= 0.3 is 0 Å². The number of hydrogen-bond donors (Lipinski definition) is 15. The van der Waals surface area contributed by atoms with Crippen LogP contribution < -0.4 is 28.7 Å². The number of benzene rings is 6. The molecule has 10 atom stereocenters. The maximum Gasteiger partial charge on any atom is 0.249 e. The second-order valence-electron chi connectivity index (χ2n) is 36.0. The molecular weight excluding hydrogens is 1740 g/mol. The number of pyridine rings is 5. The lowest BCUT2D eigenvalue weighted by Crippen LogP contribution is -2.34. The van der Waals surface area contributed by atoms with Crippen molar-refractivity contribution >= 4 is 84.1 Å². The highest BCUT2D eigenvalue weighted by atomic mass is 16.4. The smallest absolute Gasteiger partial charge is 0.249 e. The van der Waals surface area contributed by atoms with E-state index in [2.05, 4.69) is 187 Å². The Morgan fingerprint density at radius 1 is 0.321 bits per heavy atom. The summed E-state index contributed by atoms with van der Waals surface area (Å²) in [5.74, 6) is -2.32. The topological polar surface area (TPSA) is 520 Å². The Morgan fingerprint density at radius 2 is 0.606 bits per heavy atom. The van der Waals surface area contributed by atoms with Crippen molar-refractivity contribution in [2.45, 2.75) is 173 Å². The van der Waals surface area contributed by atoms with Gasteiger partial charge in [0.2, 0.25) is 29.5 Å². The van der Waals surface area contributed by atoms with Crippen molar-refractivity contribution in [3.05, 3.63) is 301 Å². The van der Waals surface area contributed by atoms with Gasteiger partial charge in [-0.3, -0.25) is 28.7 Å². The van der Waals surface area contributed by atoms with E-state index in [0.29, 0.717) is 40.3 Å². The number of fused-ring (bicyclic) bond motifs is 5. The zero-order valence-corrected chi connectivity index (χ0v) is 76.7. The molecule has 10 heterocycles. The molecule has 6 aromatic carbocycles. The van der Waals surface area contributed by atoms with E-state index < -0.39 is 90.6 Å². The summed E-state index contributed by atoms with van der Waals surface area (Å²) in [6.45, 7) is 15.4. The third-order valence-electron chi connectivity index (χ3n) is 24.4. The van der Waals surface area contributed by atoms with Gasteiger partial charge in [-0.15, -0.1) is 0 Å². The van der Waals surface area contributed by atoms with E-state index in [1.165, 1.54) is 67.1 Å². The summed E-state index contributed by atoms with van der Waals surface area (Å²) >= 11 is 0. The fourth-order valence-electron chi connectivity index (χ4n) is 16.8. The van der Waals surface area contributed by atoms with Gasteiger partial charge in [-0.05, 0) is 207 Å². The molecule has 2 saturated carbocycles. The number of aromatic nitrogens is 11. The number of aliphatic hydroxyl groups excluding tert-OH is 10. The van der Waals surface area contributed by atoms with Crippen LogP contribution in [0.1, 0.15) is 143 Å². The van der Waals surface area contributed by atoms with Crippen LogP contribution in [-0.4, -0.2) is 164 Å². The van der Waals surface area contributed by atoms with Gasteiger partial charge in [0.05, 0.1) is 68.7 Å². The summed E-state index contributed by atoms with van der Waals surface area (Å²) in [5.41, 5.74) is 42.1. The average molecular weight is 1850 g/mol. The van der Waals surface area contributed by atoms with Gasteiger partial charge in [0.25, 0.3) is 0 Å². The SMILES string of the molecule is CC(C)Cn1ccc2cc(-c3cccc([C@@H](O)[C@H](O)C(N)=O)n3)ccc21.CC(C)Cn1ncc2cc(-c3cccc([C@H](O)[C@@H](O)C(N)=O)n3)ccc21.Cc1ccc(Cn2ccc3cc(-c4cccc([C@H](O)[C@@H](O)C(N)=O)n4)ccc32)cc1.NC(=O)[C@H](O)[C@@H](O)c1cccc(-c2ccc3c(ccn3CC3CC3)c2)n1.NC(=O)[C@H](O)[C@@H](O)c1cccc(-c2ccc3c(ccn3CC3CCCCC3)c2)n1. The Morgan fingerprint density at radius 3 is 0.920 bits per heavy atom. The number of primary amides is 5. The van der Waals surface area contributed by atoms with Crippen molar-refractivity contribution in [1.29, 1.82) is 0 Å². The number of hydrogen-bond acceptors (Lipinski definition) is 21. The third-order valence-corrected chi connectivity index (χ3v) is 24.4. The molecule has 0 radical (unpaired) electrons. The van der Waals surface area contributed by atoms with Gasteiger partial charge in [0.15, 0.2) is 30.5 Å². The zero-order chi connectivity index (χ0) is 97.6. The number of nitrogens with two attached hydrogens (primary N) is 5. The molecule has 31 heteroatoms. The van der Waals surface area contributed by atoms with Crippen LogP contribution in [0.2, 0.25) is 0 Å². The predicted molar refractivity (Wildman–Crippen MR) is 524 cm³/mol. The van der Waals surface area contributed by atoms with Crippen molar-refractivity contribution in [2.24, 2.45) is 52.3 Å². The summed E-state index contributed by atoms with van der Waals surface area (Å²) in [7, 11) is 0. The lowest BCUT2D eigenvalue weighted by atomic mass is 9.89. The minimum Gasteiger partial charge on any atom is -0.384 e. The van der Waals surface area contributed by atoms with Gasteiger partial charge in [0.1, 0.15) is 30.5 Å². The molecule has 5 amide bonds. The standard InChI is InChI=1S/C24H23N3O3.C23H27N3O3.C20H21N3O3.C20H23N3O3.C19H22N4O3/c1-15-5-7-16(8-6-15)14-27-12-11-18-13-17(9-10-21(18)27)19-3-2-4-20(26-19)22(28)23(29)24(25)30;24-23(29)22(28)21(27)19-8-4-7-18(25-19)16-9-10-20-17(13-16)11-12-26(20)14-15-5-2-1-3-6-15;21-20(26)19(25)18(24)16-3-1-2-15(22-16)13-6-7-17-14(10-13)8-9-23(17)11-12-4-5-12;1-12(2)11-23-9-8-14-10-13(6-7-17(14)23)15-4-3-5-16(22-15)18(24)19(25)20(21)26;1-11(2)10-23-16-7-6-12(8-13(16)9-21-23)14-4-3-5-15(22-14)17(24)18(25)19(20)26/h2-13,22-23,28-29H,14H2,1H3,(H2,25,30);4,7-13,15,21-22,27-28H,1-3,5-6,14H2,(H2,24,29);1-3,6-10,12,18-19,24-25H,4-5,11H2,(H2,21,26);3-10,12,18-19,24-25H,11H2,1-2H3,(H2,21,26);3-9,11,17-18,24-25H,10H2,1-2H3,(H2,20,26)/t22-,23+;21-,22+;2*18-,19+;17-,18+/m00010/s1. The zero-order valence-electron chi connectivity index (χ0n) is 76.7. The van der Waals surface area contributed by atoms with E-state index in [-0.39, 0.29) is 28.5 Å². The molecule has 16 aromatic rings. The van der Waals surface area contributed by atoms with Crippen LogP contribution in [0, 0.1) is 30.6 Å². The van der Waals surface area contributed by atoms with E-state index in [1.54, 1.807) is 66.7 Å². The molecule has 137 heavy (non-hydrogen) atoms. The monoisotopic (exact) mass is 1850 g/mol. The number of amides is 5. The first kappa shape index (κ1) is 98.6. The number of rotatable bonds is 30. The van der Waals surface area contributed by atoms with E-state index >= 15 is 0 Å². The number of aryl methyl sites for hydroxylation is 1. The molecule has 2 fully saturated rings. The van der Waals surface area contributed by atoms with Crippen LogP contribution >= 0.6 is 0 Å². The highest BCUT2D eigenvalue weighted by Gasteiger charge is 2.31. The quantitative estimate of drug-likeness (QED) is 0.0199. The van der Waals surface area contributed by atoms with Crippen molar-refractivity contribution in [2.75, 3.05) is 0 Å². The summed E-state index contributed by atoms with van der Waals surface area (Å²) in [6.07, 6.45) is 3.76. The van der Waals surface area contributed by atoms with E-state index in [0.717, 1.165) is 116 Å². The summed E-state index contributed by atoms with van der Waals surface area (Å²) in [5, 5.41) is 109. The van der Waals surface area contributed by atoms with Crippen molar-refractivity contribution in [3.8, 4) is 56.3 Å². The van der Waals surface area contributed by atoms with Crippen LogP contribution in [0.25, 0.3) is 111 Å².